The van der Waals surface area contributed by atoms with Crippen molar-refractivity contribution in [1.29, 1.82) is 0 Å². The molecule has 0 aliphatic carbocycles. The van der Waals surface area contributed by atoms with E-state index in [0.717, 1.165) is 12.8 Å². The molecule has 3 rings (SSSR count). The number of aryl methyl sites for hydroxylation is 1. The number of carbonyl (C=O) groups excluding carboxylic acids is 1. The number of nitrogens with two attached hydrogens (primary N) is 1. The fraction of sp³-hybridized carbons (Fsp3) is 0.429. The zero-order valence-corrected chi connectivity index (χ0v) is 13.4. The van der Waals surface area contributed by atoms with Crippen molar-refractivity contribution in [3.63, 3.8) is 0 Å². The maximum absolute atomic E-state index is 12.7. The van der Waals surface area contributed by atoms with E-state index in [9.17, 15) is 4.79 Å². The van der Waals surface area contributed by atoms with Gasteiger partial charge in [-0.3, -0.25) is 4.79 Å². The lowest BCUT2D eigenvalue weighted by atomic mass is 10.2. The smallest absolute Gasteiger partial charge is 0.292 e. The summed E-state index contributed by atoms with van der Waals surface area (Å²) in [6.07, 6.45) is 1.96. The Bertz CT molecular complexity index is 698. The minimum atomic E-state index is -0.198. The van der Waals surface area contributed by atoms with Crippen molar-refractivity contribution in [3.05, 3.63) is 27.7 Å². The van der Waals surface area contributed by atoms with Gasteiger partial charge in [-0.15, -0.1) is 11.3 Å². The number of anilines is 2. The fourth-order valence-electron chi connectivity index (χ4n) is 2.43. The van der Waals surface area contributed by atoms with Crippen LogP contribution in [-0.4, -0.2) is 46.4 Å². The Balaban J connectivity index is 1.88. The van der Waals surface area contributed by atoms with Gasteiger partial charge in [-0.1, -0.05) is 0 Å². The molecule has 2 N–H and O–H groups in total. The molecular weight excluding hydrogens is 300 g/mol. The molecule has 7 nitrogen and oxygen atoms in total. The second-order valence-electron chi connectivity index (χ2n) is 5.41. The highest BCUT2D eigenvalue weighted by Crippen LogP contribution is 2.24. The number of nitrogen functional groups attached to an aromatic ring is 1. The predicted octanol–water partition coefficient (Wildman–Crippen LogP) is 1.17. The van der Waals surface area contributed by atoms with Gasteiger partial charge in [0.1, 0.15) is 0 Å². The van der Waals surface area contributed by atoms with Crippen LogP contribution in [0.4, 0.5) is 11.9 Å². The molecule has 8 heteroatoms. The lowest BCUT2D eigenvalue weighted by Crippen LogP contribution is -2.32. The summed E-state index contributed by atoms with van der Waals surface area (Å²) in [5.41, 5.74) is 6.91. The SMILES string of the molecule is CN(C)c1nc(N)nc(C(=O)N2CCCc3sccc3C2)n1. The Morgan fingerprint density at radius 1 is 1.36 bits per heavy atom. The Morgan fingerprint density at radius 2 is 2.18 bits per heavy atom. The molecule has 22 heavy (non-hydrogen) atoms. The van der Waals surface area contributed by atoms with Gasteiger partial charge in [-0.2, -0.15) is 15.0 Å². The van der Waals surface area contributed by atoms with Gasteiger partial charge in [-0.05, 0) is 29.9 Å². The van der Waals surface area contributed by atoms with Crippen LogP contribution < -0.4 is 10.6 Å². The molecule has 0 atom stereocenters. The zero-order chi connectivity index (χ0) is 15.7. The van der Waals surface area contributed by atoms with E-state index >= 15 is 0 Å². The number of hydrogen-bond donors (Lipinski definition) is 1. The molecule has 2 aromatic heterocycles. The minimum absolute atomic E-state index is 0.0631. The average molecular weight is 318 g/mol. The van der Waals surface area contributed by atoms with E-state index in [-0.39, 0.29) is 17.7 Å². The molecule has 0 spiro atoms. The van der Waals surface area contributed by atoms with Gasteiger partial charge >= 0.3 is 0 Å². The standard InChI is InChI=1S/C14H18N6OS/c1-19(2)14-17-11(16-13(15)18-14)12(21)20-6-3-4-10-9(8-20)5-7-22-10/h5,7H,3-4,6,8H2,1-2H3,(H2,15,16,17,18). The quantitative estimate of drug-likeness (QED) is 0.894. The van der Waals surface area contributed by atoms with Crippen LogP contribution in [-0.2, 0) is 13.0 Å². The molecule has 1 amide bonds. The molecule has 0 saturated heterocycles. The number of fused-ring (bicyclic) bond motifs is 1. The molecule has 0 saturated carbocycles. The van der Waals surface area contributed by atoms with Crippen molar-refractivity contribution < 1.29 is 4.79 Å². The summed E-state index contributed by atoms with van der Waals surface area (Å²) < 4.78 is 0. The third-order valence-electron chi connectivity index (χ3n) is 3.55. The summed E-state index contributed by atoms with van der Waals surface area (Å²) in [5, 5.41) is 2.07. The van der Waals surface area contributed by atoms with Crippen LogP contribution in [0, 0.1) is 0 Å². The van der Waals surface area contributed by atoms with Gasteiger partial charge in [0.05, 0.1) is 0 Å². The molecule has 1 aliphatic rings. The van der Waals surface area contributed by atoms with Gasteiger partial charge in [-0.25, -0.2) is 0 Å². The number of nitrogens with zero attached hydrogens (tertiary/aromatic N) is 5. The number of amides is 1. The monoisotopic (exact) mass is 318 g/mol. The first-order valence-corrected chi connectivity index (χ1v) is 7.96. The Kier molecular flexibility index (Phi) is 3.93. The highest BCUT2D eigenvalue weighted by molar-refractivity contribution is 7.10. The molecule has 0 unspecified atom stereocenters. The van der Waals surface area contributed by atoms with Gasteiger partial charge in [0.15, 0.2) is 0 Å². The first-order valence-electron chi connectivity index (χ1n) is 7.08. The summed E-state index contributed by atoms with van der Waals surface area (Å²) in [4.78, 5) is 29.8. The van der Waals surface area contributed by atoms with Crippen molar-refractivity contribution in [1.82, 2.24) is 19.9 Å². The fourth-order valence-corrected chi connectivity index (χ4v) is 3.38. The first-order chi connectivity index (χ1) is 10.5. The summed E-state index contributed by atoms with van der Waals surface area (Å²) in [5.74, 6) is 0.362. The van der Waals surface area contributed by atoms with Crippen LogP contribution in [0.3, 0.4) is 0 Å². The van der Waals surface area contributed by atoms with Crippen LogP contribution in [0.25, 0.3) is 0 Å². The van der Waals surface area contributed by atoms with E-state index in [1.807, 2.05) is 0 Å². The maximum Gasteiger partial charge on any atom is 0.292 e. The largest absolute Gasteiger partial charge is 0.368 e. The van der Waals surface area contributed by atoms with Gasteiger partial charge < -0.3 is 15.5 Å². The lowest BCUT2D eigenvalue weighted by Gasteiger charge is -2.20. The summed E-state index contributed by atoms with van der Waals surface area (Å²) >= 11 is 1.75. The number of carbonyl (C=O) groups is 1. The highest BCUT2D eigenvalue weighted by atomic mass is 32.1. The zero-order valence-electron chi connectivity index (χ0n) is 12.6. The number of thiophene rings is 1. The second-order valence-corrected chi connectivity index (χ2v) is 6.41. The second kappa shape index (κ2) is 5.88. The molecule has 0 bridgehead atoms. The van der Waals surface area contributed by atoms with E-state index in [1.165, 1.54) is 10.4 Å². The van der Waals surface area contributed by atoms with Crippen LogP contribution in [0.15, 0.2) is 11.4 Å². The topological polar surface area (TPSA) is 88.2 Å². The van der Waals surface area contributed by atoms with Crippen molar-refractivity contribution in [2.45, 2.75) is 19.4 Å². The number of rotatable bonds is 2. The van der Waals surface area contributed by atoms with E-state index in [2.05, 4.69) is 26.4 Å². The molecule has 3 heterocycles. The molecule has 1 aliphatic heterocycles. The molecule has 0 aromatic carbocycles. The van der Waals surface area contributed by atoms with E-state index in [0.29, 0.717) is 19.0 Å². The predicted molar refractivity (Wildman–Crippen MR) is 85.9 cm³/mol. The maximum atomic E-state index is 12.7. The van der Waals surface area contributed by atoms with E-state index in [4.69, 9.17) is 5.73 Å². The molecule has 116 valence electrons. The Labute approximate surface area is 132 Å². The average Bonchev–Trinajstić information content (AvgIpc) is 2.83. The normalized spacial score (nSPS) is 14.4. The van der Waals surface area contributed by atoms with Crippen LogP contribution >= 0.6 is 11.3 Å². The summed E-state index contributed by atoms with van der Waals surface area (Å²) in [6.45, 7) is 1.30. The summed E-state index contributed by atoms with van der Waals surface area (Å²) in [6, 6.07) is 2.08. The van der Waals surface area contributed by atoms with Gasteiger partial charge in [0.2, 0.25) is 17.7 Å². The van der Waals surface area contributed by atoms with Crippen LogP contribution in [0.5, 0.6) is 0 Å². The molecule has 0 radical (unpaired) electrons. The highest BCUT2D eigenvalue weighted by Gasteiger charge is 2.24. The Morgan fingerprint density at radius 3 is 2.95 bits per heavy atom. The van der Waals surface area contributed by atoms with Gasteiger partial charge in [0.25, 0.3) is 5.91 Å². The minimum Gasteiger partial charge on any atom is -0.368 e. The van der Waals surface area contributed by atoms with Crippen molar-refractivity contribution in [2.24, 2.45) is 0 Å². The van der Waals surface area contributed by atoms with Crippen molar-refractivity contribution in [3.8, 4) is 0 Å². The van der Waals surface area contributed by atoms with Gasteiger partial charge in [0, 0.05) is 32.1 Å². The molecule has 2 aromatic rings. The molecular formula is C14H18N6OS. The number of hydrogen-bond acceptors (Lipinski definition) is 7. The van der Waals surface area contributed by atoms with Crippen LogP contribution in [0.2, 0.25) is 0 Å². The molecule has 0 fully saturated rings. The Hall–Kier alpha value is -2.22. The van der Waals surface area contributed by atoms with Crippen molar-refractivity contribution in [2.75, 3.05) is 31.3 Å². The van der Waals surface area contributed by atoms with Crippen molar-refractivity contribution >= 4 is 29.1 Å². The third-order valence-corrected chi connectivity index (χ3v) is 4.57. The third kappa shape index (κ3) is 2.87. The van der Waals surface area contributed by atoms with E-state index < -0.39 is 0 Å². The van der Waals surface area contributed by atoms with Crippen LogP contribution in [0.1, 0.15) is 27.5 Å². The lowest BCUT2D eigenvalue weighted by molar-refractivity contribution is 0.0733. The number of aromatic nitrogens is 3. The summed E-state index contributed by atoms with van der Waals surface area (Å²) in [7, 11) is 3.60. The van der Waals surface area contributed by atoms with E-state index in [1.54, 1.807) is 35.2 Å². The first kappa shape index (κ1) is 14.7.